The van der Waals surface area contributed by atoms with E-state index in [1.54, 1.807) is 11.8 Å². The Morgan fingerprint density at radius 1 is 0.929 bits per heavy atom. The second kappa shape index (κ2) is 14.4. The van der Waals surface area contributed by atoms with Gasteiger partial charge in [0.2, 0.25) is 5.91 Å². The zero-order chi connectivity index (χ0) is 30.1. The van der Waals surface area contributed by atoms with Gasteiger partial charge in [-0.2, -0.15) is 0 Å². The van der Waals surface area contributed by atoms with Crippen molar-refractivity contribution < 1.29 is 28.6 Å². The Balaban J connectivity index is 1.36. The van der Waals surface area contributed by atoms with Gasteiger partial charge in [0.25, 0.3) is 0 Å². The maximum atomic E-state index is 13.9. The SMILES string of the molecule is CCOC(=O)COc1ccc(N2CCN(CCC3CCN(C(=O)OC(C)(C)C)CC3)C(=O)C2Cc2ccccc2)cc1. The molecule has 1 unspecified atom stereocenters. The predicted molar refractivity (Wildman–Crippen MR) is 162 cm³/mol. The number of anilines is 1. The van der Waals surface area contributed by atoms with Crippen LogP contribution in [0.15, 0.2) is 54.6 Å². The van der Waals surface area contributed by atoms with E-state index in [2.05, 4.69) is 17.0 Å². The summed E-state index contributed by atoms with van der Waals surface area (Å²) in [7, 11) is 0. The molecule has 0 bridgehead atoms. The van der Waals surface area contributed by atoms with Crippen LogP contribution in [0.25, 0.3) is 0 Å². The number of esters is 1. The maximum absolute atomic E-state index is 13.9. The summed E-state index contributed by atoms with van der Waals surface area (Å²) in [5, 5.41) is 0. The van der Waals surface area contributed by atoms with Crippen LogP contribution in [-0.2, 0) is 25.5 Å². The number of carbonyl (C=O) groups is 3. The second-order valence-corrected chi connectivity index (χ2v) is 12.0. The molecule has 2 aromatic rings. The van der Waals surface area contributed by atoms with Gasteiger partial charge in [0, 0.05) is 44.8 Å². The minimum atomic E-state index is -0.493. The maximum Gasteiger partial charge on any atom is 0.410 e. The Hall–Kier alpha value is -3.75. The number of amides is 2. The van der Waals surface area contributed by atoms with Crippen LogP contribution in [0.2, 0.25) is 0 Å². The molecule has 2 aliphatic rings. The van der Waals surface area contributed by atoms with Crippen molar-refractivity contribution in [3.63, 3.8) is 0 Å². The molecular formula is C33H45N3O6. The molecule has 2 fully saturated rings. The van der Waals surface area contributed by atoms with Crippen LogP contribution >= 0.6 is 0 Å². The van der Waals surface area contributed by atoms with Crippen molar-refractivity contribution >= 4 is 23.7 Å². The van der Waals surface area contributed by atoms with Gasteiger partial charge in [-0.15, -0.1) is 0 Å². The quantitative estimate of drug-likeness (QED) is 0.369. The average Bonchev–Trinajstić information content (AvgIpc) is 2.97. The number of hydrogen-bond acceptors (Lipinski definition) is 7. The van der Waals surface area contributed by atoms with E-state index < -0.39 is 11.6 Å². The monoisotopic (exact) mass is 579 g/mol. The number of nitrogens with zero attached hydrogens (tertiary/aromatic N) is 3. The number of carbonyl (C=O) groups excluding carboxylic acids is 3. The Kier molecular flexibility index (Phi) is 10.7. The highest BCUT2D eigenvalue weighted by atomic mass is 16.6. The molecule has 2 saturated heterocycles. The van der Waals surface area contributed by atoms with Gasteiger partial charge in [-0.05, 0) is 82.7 Å². The summed E-state index contributed by atoms with van der Waals surface area (Å²) in [5.41, 5.74) is 1.57. The first-order valence-corrected chi connectivity index (χ1v) is 15.1. The number of rotatable bonds is 10. The molecule has 0 aromatic heterocycles. The fourth-order valence-corrected chi connectivity index (χ4v) is 5.55. The van der Waals surface area contributed by atoms with Crippen molar-refractivity contribution in [2.24, 2.45) is 5.92 Å². The summed E-state index contributed by atoms with van der Waals surface area (Å²) >= 11 is 0. The summed E-state index contributed by atoms with van der Waals surface area (Å²) in [5.74, 6) is 0.789. The normalized spacial score (nSPS) is 18.1. The molecule has 1 atom stereocenters. The molecule has 228 valence electrons. The standard InChI is InChI=1S/C33H45N3O6/c1-5-40-30(37)24-41-28-13-11-27(12-14-28)36-22-21-34(31(38)29(36)23-26-9-7-6-8-10-26)18-15-25-16-19-35(20-17-25)32(39)42-33(2,3)4/h6-14,25,29H,5,15-24H2,1-4H3. The number of piperazine rings is 1. The van der Waals surface area contributed by atoms with Crippen molar-refractivity contribution in [1.82, 2.24) is 9.80 Å². The average molecular weight is 580 g/mol. The highest BCUT2D eigenvalue weighted by Gasteiger charge is 2.35. The minimum Gasteiger partial charge on any atom is -0.482 e. The predicted octanol–water partition coefficient (Wildman–Crippen LogP) is 4.93. The third-order valence-corrected chi connectivity index (χ3v) is 7.76. The van der Waals surface area contributed by atoms with Crippen LogP contribution in [0.3, 0.4) is 0 Å². The Morgan fingerprint density at radius 2 is 1.62 bits per heavy atom. The van der Waals surface area contributed by atoms with Gasteiger partial charge in [0.05, 0.1) is 6.61 Å². The second-order valence-electron chi connectivity index (χ2n) is 12.0. The van der Waals surface area contributed by atoms with E-state index in [4.69, 9.17) is 14.2 Å². The van der Waals surface area contributed by atoms with Gasteiger partial charge in [-0.25, -0.2) is 9.59 Å². The topological polar surface area (TPSA) is 88.6 Å². The minimum absolute atomic E-state index is 0.138. The molecule has 2 amide bonds. The van der Waals surface area contributed by atoms with Crippen molar-refractivity contribution in [3.8, 4) is 5.75 Å². The number of ether oxygens (including phenoxy) is 3. The molecule has 0 spiro atoms. The van der Waals surface area contributed by atoms with Crippen LogP contribution in [0.5, 0.6) is 5.75 Å². The summed E-state index contributed by atoms with van der Waals surface area (Å²) in [6, 6.07) is 17.3. The first-order valence-electron chi connectivity index (χ1n) is 15.1. The highest BCUT2D eigenvalue weighted by molar-refractivity contribution is 5.87. The lowest BCUT2D eigenvalue weighted by Crippen LogP contribution is -2.58. The third kappa shape index (κ3) is 8.87. The summed E-state index contributed by atoms with van der Waals surface area (Å²) < 4.78 is 16.0. The summed E-state index contributed by atoms with van der Waals surface area (Å²) in [4.78, 5) is 44.0. The molecule has 0 aliphatic carbocycles. The number of likely N-dealkylation sites (tertiary alicyclic amines) is 1. The smallest absolute Gasteiger partial charge is 0.410 e. The number of benzene rings is 2. The molecule has 42 heavy (non-hydrogen) atoms. The first-order chi connectivity index (χ1) is 20.1. The van der Waals surface area contributed by atoms with E-state index in [0.29, 0.717) is 44.3 Å². The number of piperidine rings is 1. The molecule has 4 rings (SSSR count). The fourth-order valence-electron chi connectivity index (χ4n) is 5.55. The largest absolute Gasteiger partial charge is 0.482 e. The van der Waals surface area contributed by atoms with Crippen LogP contribution in [0, 0.1) is 5.92 Å². The van der Waals surface area contributed by atoms with Crippen LogP contribution in [0.1, 0.15) is 52.5 Å². The molecular weight excluding hydrogens is 534 g/mol. The molecule has 2 aliphatic heterocycles. The van der Waals surface area contributed by atoms with Gasteiger partial charge >= 0.3 is 12.1 Å². The van der Waals surface area contributed by atoms with Crippen LogP contribution in [-0.4, -0.2) is 85.3 Å². The third-order valence-electron chi connectivity index (χ3n) is 7.76. The zero-order valence-electron chi connectivity index (χ0n) is 25.4. The van der Waals surface area contributed by atoms with Gasteiger partial charge in [0.15, 0.2) is 6.61 Å². The lowest BCUT2D eigenvalue weighted by atomic mass is 9.93. The summed E-state index contributed by atoms with van der Waals surface area (Å²) in [6.07, 6.45) is 3.15. The summed E-state index contributed by atoms with van der Waals surface area (Å²) in [6.45, 7) is 11.1. The molecule has 0 N–H and O–H groups in total. The van der Waals surface area contributed by atoms with E-state index in [0.717, 1.165) is 43.6 Å². The van der Waals surface area contributed by atoms with Gasteiger partial charge in [-0.3, -0.25) is 4.79 Å². The Bertz CT molecular complexity index is 1170. The van der Waals surface area contributed by atoms with E-state index in [-0.39, 0.29) is 24.6 Å². The molecule has 2 heterocycles. The van der Waals surface area contributed by atoms with Crippen molar-refractivity contribution in [2.75, 3.05) is 50.8 Å². The first kappa shape index (κ1) is 31.2. The Labute approximate surface area is 249 Å². The van der Waals surface area contributed by atoms with E-state index in [1.165, 1.54) is 0 Å². The molecule has 9 heteroatoms. The zero-order valence-corrected chi connectivity index (χ0v) is 25.4. The van der Waals surface area contributed by atoms with Crippen molar-refractivity contribution in [3.05, 3.63) is 60.2 Å². The Morgan fingerprint density at radius 3 is 2.26 bits per heavy atom. The molecule has 2 aromatic carbocycles. The van der Waals surface area contributed by atoms with Crippen LogP contribution in [0.4, 0.5) is 10.5 Å². The van der Waals surface area contributed by atoms with Crippen molar-refractivity contribution in [2.45, 2.75) is 65.0 Å². The fraction of sp³-hybridized carbons (Fsp3) is 0.545. The molecule has 0 radical (unpaired) electrons. The van der Waals surface area contributed by atoms with Crippen molar-refractivity contribution in [1.29, 1.82) is 0 Å². The van der Waals surface area contributed by atoms with Gasteiger partial charge in [0.1, 0.15) is 17.4 Å². The molecule has 9 nitrogen and oxygen atoms in total. The van der Waals surface area contributed by atoms with Gasteiger partial charge < -0.3 is 28.9 Å². The number of hydrogen-bond donors (Lipinski definition) is 0. The van der Waals surface area contributed by atoms with E-state index in [1.807, 2.05) is 68.1 Å². The van der Waals surface area contributed by atoms with E-state index in [9.17, 15) is 14.4 Å². The lowest BCUT2D eigenvalue weighted by molar-refractivity contribution is -0.145. The lowest BCUT2D eigenvalue weighted by Gasteiger charge is -2.43. The highest BCUT2D eigenvalue weighted by Crippen LogP contribution is 2.28. The van der Waals surface area contributed by atoms with Crippen LogP contribution < -0.4 is 9.64 Å². The molecule has 0 saturated carbocycles. The van der Waals surface area contributed by atoms with Gasteiger partial charge in [-0.1, -0.05) is 30.3 Å². The van der Waals surface area contributed by atoms with E-state index >= 15 is 0 Å².